The van der Waals surface area contributed by atoms with Gasteiger partial charge in [-0.15, -0.1) is 0 Å². The average Bonchev–Trinajstić information content (AvgIpc) is 2.73. The second kappa shape index (κ2) is 5.32. The van der Waals surface area contributed by atoms with Gasteiger partial charge in [0.15, 0.2) is 5.78 Å². The number of ketones is 1. The molecule has 92 valence electrons. The highest BCUT2D eigenvalue weighted by Gasteiger charge is 2.19. The van der Waals surface area contributed by atoms with Crippen LogP contribution in [-0.4, -0.2) is 37.4 Å². The Kier molecular flexibility index (Phi) is 3.79. The summed E-state index contributed by atoms with van der Waals surface area (Å²) in [6.07, 6.45) is 1.21. The van der Waals surface area contributed by atoms with Gasteiger partial charge in [0.05, 0.1) is 6.61 Å². The van der Waals surface area contributed by atoms with Crippen LogP contribution in [-0.2, 0) is 0 Å². The molecule has 0 N–H and O–H groups in total. The lowest BCUT2D eigenvalue weighted by Crippen LogP contribution is -2.17. The van der Waals surface area contributed by atoms with Gasteiger partial charge in [0.1, 0.15) is 5.75 Å². The summed E-state index contributed by atoms with van der Waals surface area (Å²) in [5.74, 6) is 1.58. The van der Waals surface area contributed by atoms with Gasteiger partial charge in [0.25, 0.3) is 0 Å². The molecule has 0 radical (unpaired) electrons. The van der Waals surface area contributed by atoms with E-state index in [4.69, 9.17) is 4.74 Å². The Morgan fingerprint density at radius 3 is 2.65 bits per heavy atom. The molecule has 1 fully saturated rings. The molecule has 1 heterocycles. The zero-order valence-electron chi connectivity index (χ0n) is 10.5. The van der Waals surface area contributed by atoms with Gasteiger partial charge in [-0.3, -0.25) is 4.79 Å². The molecule has 0 aromatic heterocycles. The van der Waals surface area contributed by atoms with Crippen molar-refractivity contribution in [3.8, 4) is 5.75 Å². The van der Waals surface area contributed by atoms with Crippen LogP contribution in [0.1, 0.15) is 23.7 Å². The number of carbonyl (C=O) groups excluding carboxylic acids is 1. The number of rotatable bonds is 4. The standard InChI is InChI=1S/C14H19NO2/c1-11(16)13-3-5-14(6-4-13)17-10-12-7-8-15(2)9-12/h3-6,12H,7-10H2,1-2H3. The monoisotopic (exact) mass is 233 g/mol. The Balaban J connectivity index is 1.85. The Morgan fingerprint density at radius 2 is 2.12 bits per heavy atom. The number of ether oxygens (including phenoxy) is 1. The van der Waals surface area contributed by atoms with Crippen molar-refractivity contribution in [2.45, 2.75) is 13.3 Å². The molecule has 1 aliphatic rings. The van der Waals surface area contributed by atoms with Gasteiger partial charge in [0, 0.05) is 18.0 Å². The van der Waals surface area contributed by atoms with Gasteiger partial charge in [-0.25, -0.2) is 0 Å². The normalized spacial score (nSPS) is 20.5. The lowest BCUT2D eigenvalue weighted by molar-refractivity contribution is 0.101. The van der Waals surface area contributed by atoms with E-state index in [1.165, 1.54) is 6.42 Å². The third kappa shape index (κ3) is 3.30. The predicted octanol–water partition coefficient (Wildman–Crippen LogP) is 2.22. The minimum Gasteiger partial charge on any atom is -0.493 e. The summed E-state index contributed by atoms with van der Waals surface area (Å²) in [5.41, 5.74) is 0.734. The van der Waals surface area contributed by atoms with Crippen LogP contribution in [0.2, 0.25) is 0 Å². The molecular weight excluding hydrogens is 214 g/mol. The van der Waals surface area contributed by atoms with E-state index >= 15 is 0 Å². The molecule has 1 aliphatic heterocycles. The highest BCUT2D eigenvalue weighted by atomic mass is 16.5. The Morgan fingerprint density at radius 1 is 1.41 bits per heavy atom. The van der Waals surface area contributed by atoms with Crippen LogP contribution in [0.4, 0.5) is 0 Å². The summed E-state index contributed by atoms with van der Waals surface area (Å²) < 4.78 is 5.74. The maximum atomic E-state index is 11.1. The molecule has 0 amide bonds. The van der Waals surface area contributed by atoms with Crippen LogP contribution in [0.15, 0.2) is 24.3 Å². The number of benzene rings is 1. The van der Waals surface area contributed by atoms with E-state index in [2.05, 4.69) is 11.9 Å². The van der Waals surface area contributed by atoms with Crippen molar-refractivity contribution in [2.24, 2.45) is 5.92 Å². The fourth-order valence-electron chi connectivity index (χ4n) is 2.16. The topological polar surface area (TPSA) is 29.5 Å². The Labute approximate surface area is 102 Å². The smallest absolute Gasteiger partial charge is 0.159 e. The van der Waals surface area contributed by atoms with E-state index in [1.807, 2.05) is 24.3 Å². The zero-order valence-corrected chi connectivity index (χ0v) is 10.5. The lowest BCUT2D eigenvalue weighted by Gasteiger charge is -2.12. The first-order valence-corrected chi connectivity index (χ1v) is 6.07. The van der Waals surface area contributed by atoms with Gasteiger partial charge in [-0.2, -0.15) is 0 Å². The number of hydrogen-bond acceptors (Lipinski definition) is 3. The largest absolute Gasteiger partial charge is 0.493 e. The molecule has 1 aromatic carbocycles. The van der Waals surface area contributed by atoms with Crippen LogP contribution in [0.5, 0.6) is 5.75 Å². The third-order valence-corrected chi connectivity index (χ3v) is 3.24. The van der Waals surface area contributed by atoms with E-state index in [0.29, 0.717) is 5.92 Å². The minimum absolute atomic E-state index is 0.0916. The van der Waals surface area contributed by atoms with Gasteiger partial charge >= 0.3 is 0 Å². The van der Waals surface area contributed by atoms with Crippen molar-refractivity contribution in [1.29, 1.82) is 0 Å². The average molecular weight is 233 g/mol. The van der Waals surface area contributed by atoms with E-state index in [1.54, 1.807) is 6.92 Å². The van der Waals surface area contributed by atoms with Crippen LogP contribution in [0.25, 0.3) is 0 Å². The quantitative estimate of drug-likeness (QED) is 0.747. The maximum Gasteiger partial charge on any atom is 0.159 e. The molecule has 1 unspecified atom stereocenters. The molecule has 0 aliphatic carbocycles. The van der Waals surface area contributed by atoms with Crippen molar-refractivity contribution in [3.63, 3.8) is 0 Å². The third-order valence-electron chi connectivity index (χ3n) is 3.24. The van der Waals surface area contributed by atoms with Gasteiger partial charge in [-0.05, 0) is 51.2 Å². The fourth-order valence-corrected chi connectivity index (χ4v) is 2.16. The zero-order chi connectivity index (χ0) is 12.3. The molecule has 0 bridgehead atoms. The second-order valence-electron chi connectivity index (χ2n) is 4.81. The lowest BCUT2D eigenvalue weighted by atomic mass is 10.1. The highest BCUT2D eigenvalue weighted by molar-refractivity contribution is 5.94. The number of hydrogen-bond donors (Lipinski definition) is 0. The van der Waals surface area contributed by atoms with E-state index in [0.717, 1.165) is 31.0 Å². The van der Waals surface area contributed by atoms with Crippen molar-refractivity contribution in [3.05, 3.63) is 29.8 Å². The maximum absolute atomic E-state index is 11.1. The molecule has 3 heteroatoms. The summed E-state index contributed by atoms with van der Waals surface area (Å²) in [5, 5.41) is 0. The Hall–Kier alpha value is -1.35. The van der Waals surface area contributed by atoms with E-state index in [-0.39, 0.29) is 5.78 Å². The fraction of sp³-hybridized carbons (Fsp3) is 0.500. The van der Waals surface area contributed by atoms with Gasteiger partial charge < -0.3 is 9.64 Å². The van der Waals surface area contributed by atoms with E-state index in [9.17, 15) is 4.79 Å². The van der Waals surface area contributed by atoms with Crippen molar-refractivity contribution < 1.29 is 9.53 Å². The summed E-state index contributed by atoms with van der Waals surface area (Å²) in [6, 6.07) is 7.38. The summed E-state index contributed by atoms with van der Waals surface area (Å²) in [7, 11) is 2.14. The molecule has 2 rings (SSSR count). The number of nitrogens with zero attached hydrogens (tertiary/aromatic N) is 1. The number of Topliss-reactive ketones (excluding diaryl/α,β-unsaturated/α-hetero) is 1. The highest BCUT2D eigenvalue weighted by Crippen LogP contribution is 2.18. The number of carbonyl (C=O) groups is 1. The first kappa shape index (κ1) is 12.1. The molecule has 1 atom stereocenters. The summed E-state index contributed by atoms with van der Waals surface area (Å²) >= 11 is 0. The van der Waals surface area contributed by atoms with Gasteiger partial charge in [-0.1, -0.05) is 0 Å². The molecule has 3 nitrogen and oxygen atoms in total. The molecule has 17 heavy (non-hydrogen) atoms. The first-order valence-electron chi connectivity index (χ1n) is 6.07. The molecule has 1 saturated heterocycles. The van der Waals surface area contributed by atoms with E-state index < -0.39 is 0 Å². The predicted molar refractivity (Wildman–Crippen MR) is 67.5 cm³/mol. The molecule has 1 aromatic rings. The molecular formula is C14H19NO2. The van der Waals surface area contributed by atoms with Crippen LogP contribution >= 0.6 is 0 Å². The summed E-state index contributed by atoms with van der Waals surface area (Å²) in [6.45, 7) is 4.62. The minimum atomic E-state index is 0.0916. The van der Waals surface area contributed by atoms with Crippen molar-refractivity contribution >= 4 is 5.78 Å². The van der Waals surface area contributed by atoms with Crippen LogP contribution in [0.3, 0.4) is 0 Å². The second-order valence-corrected chi connectivity index (χ2v) is 4.81. The molecule has 0 saturated carbocycles. The molecule has 0 spiro atoms. The number of likely N-dealkylation sites (tertiary alicyclic amines) is 1. The van der Waals surface area contributed by atoms with Crippen molar-refractivity contribution in [1.82, 2.24) is 4.90 Å². The summed E-state index contributed by atoms with van der Waals surface area (Å²) in [4.78, 5) is 13.4. The van der Waals surface area contributed by atoms with Crippen LogP contribution in [0, 0.1) is 5.92 Å². The Bertz CT molecular complexity index is 386. The van der Waals surface area contributed by atoms with Gasteiger partial charge in [0.2, 0.25) is 0 Å². The first-order chi connectivity index (χ1) is 8.15. The van der Waals surface area contributed by atoms with Crippen molar-refractivity contribution in [2.75, 3.05) is 26.7 Å². The van der Waals surface area contributed by atoms with Crippen LogP contribution < -0.4 is 4.74 Å². The SMILES string of the molecule is CC(=O)c1ccc(OCC2CCN(C)C2)cc1.